The van der Waals surface area contributed by atoms with Gasteiger partial charge in [0.25, 0.3) is 5.91 Å². The second kappa shape index (κ2) is 8.86. The summed E-state index contributed by atoms with van der Waals surface area (Å²) in [5, 5.41) is -1.33. The number of benzene rings is 2. The fourth-order valence-corrected chi connectivity index (χ4v) is 8.79. The van der Waals surface area contributed by atoms with E-state index in [4.69, 9.17) is 4.74 Å². The van der Waals surface area contributed by atoms with E-state index in [1.807, 2.05) is 0 Å². The van der Waals surface area contributed by atoms with Crippen LogP contribution in [-0.4, -0.2) is 53.1 Å². The van der Waals surface area contributed by atoms with Crippen molar-refractivity contribution in [3.05, 3.63) is 53.6 Å². The second-order valence-electron chi connectivity index (χ2n) is 8.12. The highest BCUT2D eigenvalue weighted by atomic mass is 32.2. The summed E-state index contributed by atoms with van der Waals surface area (Å²) in [6, 6.07) is 10.6. The summed E-state index contributed by atoms with van der Waals surface area (Å²) in [6.07, 6.45) is 3.92. The number of sulfone groups is 2. The fourth-order valence-electron chi connectivity index (χ4n) is 4.46. The first-order chi connectivity index (χ1) is 15.3. The number of hydrogen-bond acceptors (Lipinski definition) is 6. The van der Waals surface area contributed by atoms with Crippen LogP contribution in [-0.2, 0) is 19.7 Å². The highest BCUT2D eigenvalue weighted by molar-refractivity contribution is 7.96. The largest absolute Gasteiger partial charge is 0.493 e. The lowest BCUT2D eigenvalue weighted by Gasteiger charge is -2.23. The molecule has 9 heteroatoms. The summed E-state index contributed by atoms with van der Waals surface area (Å²) in [4.78, 5) is 15.1. The molecule has 1 saturated heterocycles. The Hall–Kier alpha value is -2.39. The van der Waals surface area contributed by atoms with Gasteiger partial charge in [-0.15, -0.1) is 0 Å². The van der Waals surface area contributed by atoms with Crippen molar-refractivity contribution in [2.45, 2.75) is 47.6 Å². The molecule has 2 aliphatic heterocycles. The van der Waals surface area contributed by atoms with Crippen LogP contribution in [0.3, 0.4) is 0 Å². The zero-order chi connectivity index (χ0) is 22.9. The molecular formula is C23H27NO6S2. The number of fused-ring (bicyclic) bond motifs is 1. The van der Waals surface area contributed by atoms with Gasteiger partial charge in [-0.2, -0.15) is 0 Å². The number of carbonyl (C=O) groups is 1. The molecule has 32 heavy (non-hydrogen) atoms. The maximum Gasteiger partial charge on any atom is 0.257 e. The standard InChI is InChI=1S/C23H27NO6S2/c1-2-30-22-18(23(25)24-14-8-3-4-9-15-24)12-13-19-21(22)20(16-31(19,26)27)32(28,29)17-10-6-5-7-11-17/h5-7,10-13,20H,2-4,8-9,14-16H2,1H3. The molecule has 2 heterocycles. The van der Waals surface area contributed by atoms with Crippen LogP contribution in [0.2, 0.25) is 0 Å². The van der Waals surface area contributed by atoms with E-state index in [-0.39, 0.29) is 39.2 Å². The Balaban J connectivity index is 1.88. The zero-order valence-corrected chi connectivity index (χ0v) is 19.6. The van der Waals surface area contributed by atoms with Gasteiger partial charge < -0.3 is 9.64 Å². The number of carbonyl (C=O) groups excluding carboxylic acids is 1. The van der Waals surface area contributed by atoms with E-state index in [2.05, 4.69) is 0 Å². The summed E-state index contributed by atoms with van der Waals surface area (Å²) < 4.78 is 58.5. The SMILES string of the molecule is CCOc1c(C(=O)N2CCCCCC2)ccc2c1C(S(=O)(=O)c1ccccc1)CS2(=O)=O. The minimum absolute atomic E-state index is 0.0414. The van der Waals surface area contributed by atoms with Gasteiger partial charge in [-0.25, -0.2) is 16.8 Å². The van der Waals surface area contributed by atoms with Crippen molar-refractivity contribution in [1.29, 1.82) is 0 Å². The Morgan fingerprint density at radius 1 is 1.03 bits per heavy atom. The number of ether oxygens (including phenoxy) is 1. The van der Waals surface area contributed by atoms with E-state index >= 15 is 0 Å². The Bertz CT molecular complexity index is 1210. The molecule has 1 amide bonds. The van der Waals surface area contributed by atoms with Gasteiger partial charge in [0.15, 0.2) is 19.7 Å². The van der Waals surface area contributed by atoms with Crippen molar-refractivity contribution in [2.75, 3.05) is 25.4 Å². The minimum atomic E-state index is -4.02. The molecule has 0 radical (unpaired) electrons. The van der Waals surface area contributed by atoms with Crippen LogP contribution in [0.15, 0.2) is 52.3 Å². The molecule has 7 nitrogen and oxygen atoms in total. The first-order valence-corrected chi connectivity index (χ1v) is 14.1. The van der Waals surface area contributed by atoms with Crippen molar-refractivity contribution < 1.29 is 26.4 Å². The molecule has 0 bridgehead atoms. The predicted octanol–water partition coefficient (Wildman–Crippen LogP) is 3.40. The molecule has 0 saturated carbocycles. The predicted molar refractivity (Wildman–Crippen MR) is 120 cm³/mol. The smallest absolute Gasteiger partial charge is 0.257 e. The maximum absolute atomic E-state index is 13.5. The van der Waals surface area contributed by atoms with Crippen LogP contribution in [0.5, 0.6) is 5.75 Å². The Morgan fingerprint density at radius 2 is 1.69 bits per heavy atom. The molecule has 2 aromatic carbocycles. The van der Waals surface area contributed by atoms with E-state index in [1.165, 1.54) is 24.3 Å². The van der Waals surface area contributed by atoms with Crippen LogP contribution in [0.25, 0.3) is 0 Å². The highest BCUT2D eigenvalue weighted by Crippen LogP contribution is 2.47. The van der Waals surface area contributed by atoms with Crippen LogP contribution >= 0.6 is 0 Å². The van der Waals surface area contributed by atoms with E-state index in [0.29, 0.717) is 13.1 Å². The van der Waals surface area contributed by atoms with E-state index < -0.39 is 30.7 Å². The van der Waals surface area contributed by atoms with Crippen LogP contribution in [0.1, 0.15) is 53.8 Å². The monoisotopic (exact) mass is 477 g/mol. The third kappa shape index (κ3) is 4.03. The summed E-state index contributed by atoms with van der Waals surface area (Å²) in [6.45, 7) is 3.13. The maximum atomic E-state index is 13.5. The second-order valence-corrected chi connectivity index (χ2v) is 12.3. The third-order valence-corrected chi connectivity index (χ3v) is 10.1. The highest BCUT2D eigenvalue weighted by Gasteiger charge is 2.46. The lowest BCUT2D eigenvalue weighted by molar-refractivity contribution is 0.0757. The Labute approximate surface area is 189 Å². The van der Waals surface area contributed by atoms with Crippen LogP contribution in [0.4, 0.5) is 0 Å². The number of nitrogens with zero attached hydrogens (tertiary/aromatic N) is 1. The summed E-state index contributed by atoms with van der Waals surface area (Å²) >= 11 is 0. The zero-order valence-electron chi connectivity index (χ0n) is 18.0. The van der Waals surface area contributed by atoms with Crippen molar-refractivity contribution >= 4 is 25.6 Å². The van der Waals surface area contributed by atoms with Gasteiger partial charge in [0.2, 0.25) is 0 Å². The molecule has 0 aliphatic carbocycles. The van der Waals surface area contributed by atoms with E-state index in [1.54, 1.807) is 30.0 Å². The van der Waals surface area contributed by atoms with E-state index in [0.717, 1.165) is 25.7 Å². The molecule has 1 fully saturated rings. The van der Waals surface area contributed by atoms with Gasteiger partial charge in [-0.3, -0.25) is 4.79 Å². The molecule has 2 aliphatic rings. The van der Waals surface area contributed by atoms with Gasteiger partial charge in [0.05, 0.1) is 27.7 Å². The molecule has 4 rings (SSSR count). The summed E-state index contributed by atoms with van der Waals surface area (Å²) in [7, 11) is -7.87. The average Bonchev–Trinajstić information content (AvgIpc) is 2.93. The van der Waals surface area contributed by atoms with Crippen molar-refractivity contribution in [3.8, 4) is 5.75 Å². The fraction of sp³-hybridized carbons (Fsp3) is 0.435. The normalized spacial score (nSPS) is 20.4. The van der Waals surface area contributed by atoms with Crippen molar-refractivity contribution in [1.82, 2.24) is 4.90 Å². The number of likely N-dealkylation sites (tertiary alicyclic amines) is 1. The van der Waals surface area contributed by atoms with Gasteiger partial charge in [0.1, 0.15) is 11.0 Å². The van der Waals surface area contributed by atoms with Crippen LogP contribution in [0, 0.1) is 0 Å². The molecular weight excluding hydrogens is 450 g/mol. The van der Waals surface area contributed by atoms with E-state index in [9.17, 15) is 21.6 Å². The van der Waals surface area contributed by atoms with Gasteiger partial charge in [-0.05, 0) is 44.0 Å². The molecule has 0 aromatic heterocycles. The lowest BCUT2D eigenvalue weighted by atomic mass is 10.0. The van der Waals surface area contributed by atoms with Crippen molar-refractivity contribution in [3.63, 3.8) is 0 Å². The van der Waals surface area contributed by atoms with Gasteiger partial charge in [0, 0.05) is 18.7 Å². The van der Waals surface area contributed by atoms with Gasteiger partial charge >= 0.3 is 0 Å². The number of hydrogen-bond donors (Lipinski definition) is 0. The Morgan fingerprint density at radius 3 is 2.31 bits per heavy atom. The minimum Gasteiger partial charge on any atom is -0.493 e. The molecule has 0 spiro atoms. The molecule has 1 atom stereocenters. The first kappa shape index (κ1) is 22.8. The number of rotatable bonds is 5. The molecule has 0 N–H and O–H groups in total. The average molecular weight is 478 g/mol. The Kier molecular flexibility index (Phi) is 6.31. The molecule has 172 valence electrons. The van der Waals surface area contributed by atoms with Crippen LogP contribution < -0.4 is 4.74 Å². The number of amides is 1. The molecule has 2 aromatic rings. The first-order valence-electron chi connectivity index (χ1n) is 10.9. The molecule has 1 unspecified atom stereocenters. The van der Waals surface area contributed by atoms with Crippen molar-refractivity contribution in [2.24, 2.45) is 0 Å². The van der Waals surface area contributed by atoms with Gasteiger partial charge in [-0.1, -0.05) is 31.0 Å². The third-order valence-electron chi connectivity index (χ3n) is 6.04. The topological polar surface area (TPSA) is 97.8 Å². The lowest BCUT2D eigenvalue weighted by Crippen LogP contribution is -2.32. The quantitative estimate of drug-likeness (QED) is 0.655. The summed E-state index contributed by atoms with van der Waals surface area (Å²) in [5.41, 5.74) is 0.300. The summed E-state index contributed by atoms with van der Waals surface area (Å²) in [5.74, 6) is -0.746.